The summed E-state index contributed by atoms with van der Waals surface area (Å²) in [5.74, 6) is -6.00. The Balaban J connectivity index is 2.49. The lowest BCUT2D eigenvalue weighted by Gasteiger charge is -2.09. The number of halogens is 3. The number of carbonyl (C=O) groups excluding carboxylic acids is 1. The molecule has 0 saturated carbocycles. The third kappa shape index (κ3) is 4.43. The number of benzene rings is 1. The van der Waals surface area contributed by atoms with Gasteiger partial charge in [0.05, 0.1) is 0 Å². The molecule has 1 aromatic carbocycles. The predicted octanol–water partition coefficient (Wildman–Crippen LogP) is 1.06. The monoisotopic (exact) mass is 292 g/mol. The van der Waals surface area contributed by atoms with Gasteiger partial charge in [0.2, 0.25) is 0 Å². The molecule has 0 heterocycles. The van der Waals surface area contributed by atoms with Crippen LogP contribution < -0.4 is 10.6 Å². The number of hydrogen-bond acceptors (Lipinski definition) is 3. The van der Waals surface area contributed by atoms with Gasteiger partial charge in [-0.15, -0.1) is 0 Å². The first kappa shape index (κ1) is 15.8. The van der Waals surface area contributed by atoms with Crippen molar-refractivity contribution in [1.82, 2.24) is 5.32 Å². The van der Waals surface area contributed by atoms with Crippen molar-refractivity contribution in [3.63, 3.8) is 0 Å². The summed E-state index contributed by atoms with van der Waals surface area (Å²) in [6.07, 6.45) is -1.87. The van der Waals surface area contributed by atoms with Gasteiger partial charge in [-0.25, -0.2) is 22.8 Å². The number of hydrogen-bond donors (Lipinski definition) is 4. The lowest BCUT2D eigenvalue weighted by Crippen LogP contribution is -2.33. The SMILES string of the molecule is O=C(NCCC(O)C(=O)O)Nc1cc(F)c(F)c(F)c1. The zero-order valence-corrected chi connectivity index (χ0v) is 9.99. The van der Waals surface area contributed by atoms with E-state index in [1.807, 2.05) is 5.32 Å². The highest BCUT2D eigenvalue weighted by Gasteiger charge is 2.14. The molecule has 0 aliphatic heterocycles. The minimum absolute atomic E-state index is 0.175. The van der Waals surface area contributed by atoms with Gasteiger partial charge in [-0.3, -0.25) is 0 Å². The van der Waals surface area contributed by atoms with Crippen molar-refractivity contribution >= 4 is 17.7 Å². The fraction of sp³-hybridized carbons (Fsp3) is 0.273. The third-order valence-corrected chi connectivity index (χ3v) is 2.23. The highest BCUT2D eigenvalue weighted by atomic mass is 19.2. The molecule has 0 aliphatic carbocycles. The van der Waals surface area contributed by atoms with E-state index in [4.69, 9.17) is 10.2 Å². The minimum Gasteiger partial charge on any atom is -0.479 e. The molecule has 0 radical (unpaired) electrons. The first-order chi connectivity index (χ1) is 9.31. The minimum atomic E-state index is -1.65. The Morgan fingerprint density at radius 2 is 1.75 bits per heavy atom. The molecule has 1 rings (SSSR count). The Kier molecular flexibility index (Phi) is 5.32. The second-order valence-corrected chi connectivity index (χ2v) is 3.78. The first-order valence-corrected chi connectivity index (χ1v) is 5.41. The average molecular weight is 292 g/mol. The van der Waals surface area contributed by atoms with Crippen molar-refractivity contribution in [2.45, 2.75) is 12.5 Å². The number of carboxylic acid groups (broad SMARTS) is 1. The van der Waals surface area contributed by atoms with Crippen molar-refractivity contribution in [3.8, 4) is 0 Å². The number of aliphatic carboxylic acids is 1. The van der Waals surface area contributed by atoms with E-state index in [-0.39, 0.29) is 18.7 Å². The van der Waals surface area contributed by atoms with Crippen LogP contribution in [0.25, 0.3) is 0 Å². The number of nitrogens with one attached hydrogen (secondary N) is 2. The summed E-state index contributed by atoms with van der Waals surface area (Å²) < 4.78 is 38.4. The van der Waals surface area contributed by atoms with E-state index < -0.39 is 35.6 Å². The van der Waals surface area contributed by atoms with Crippen molar-refractivity contribution in [2.24, 2.45) is 0 Å². The Bertz CT molecular complexity index is 501. The number of anilines is 1. The van der Waals surface area contributed by atoms with Gasteiger partial charge in [-0.2, -0.15) is 0 Å². The second-order valence-electron chi connectivity index (χ2n) is 3.78. The summed E-state index contributed by atoms with van der Waals surface area (Å²) in [5, 5.41) is 21.5. The summed E-state index contributed by atoms with van der Waals surface area (Å²) in [6, 6.07) is 0.293. The highest BCUT2D eigenvalue weighted by Crippen LogP contribution is 2.17. The van der Waals surface area contributed by atoms with Gasteiger partial charge in [0.1, 0.15) is 0 Å². The van der Waals surface area contributed by atoms with Gasteiger partial charge in [0.25, 0.3) is 0 Å². The molecule has 2 amide bonds. The van der Waals surface area contributed by atoms with Crippen molar-refractivity contribution < 1.29 is 33.0 Å². The van der Waals surface area contributed by atoms with Crippen LogP contribution in [-0.4, -0.2) is 34.9 Å². The number of urea groups is 1. The summed E-state index contributed by atoms with van der Waals surface area (Å²) >= 11 is 0. The van der Waals surface area contributed by atoms with Crippen LogP contribution in [0.4, 0.5) is 23.7 Å². The molecule has 6 nitrogen and oxygen atoms in total. The van der Waals surface area contributed by atoms with E-state index >= 15 is 0 Å². The highest BCUT2D eigenvalue weighted by molar-refractivity contribution is 5.89. The molecule has 0 bridgehead atoms. The lowest BCUT2D eigenvalue weighted by atomic mass is 10.2. The maximum Gasteiger partial charge on any atom is 0.332 e. The fourth-order valence-corrected chi connectivity index (χ4v) is 1.25. The number of carboxylic acids is 1. The Hall–Kier alpha value is -2.29. The molecule has 0 aliphatic rings. The van der Waals surface area contributed by atoms with E-state index in [1.54, 1.807) is 0 Å². The van der Waals surface area contributed by atoms with Crippen LogP contribution in [0.2, 0.25) is 0 Å². The average Bonchev–Trinajstić information content (AvgIpc) is 2.35. The van der Waals surface area contributed by atoms with E-state index in [9.17, 15) is 22.8 Å². The zero-order chi connectivity index (χ0) is 15.3. The Labute approximate surface area is 111 Å². The largest absolute Gasteiger partial charge is 0.479 e. The van der Waals surface area contributed by atoms with Crippen molar-refractivity contribution in [3.05, 3.63) is 29.6 Å². The van der Waals surface area contributed by atoms with Crippen LogP contribution in [0.3, 0.4) is 0 Å². The standard InChI is InChI=1S/C11H11F3N2O4/c12-6-3-5(4-7(13)9(6)14)16-11(20)15-2-1-8(17)10(18)19/h3-4,8,17H,1-2H2,(H,18,19)(H2,15,16,20). The zero-order valence-electron chi connectivity index (χ0n) is 9.99. The second kappa shape index (κ2) is 6.75. The van der Waals surface area contributed by atoms with Crippen LogP contribution in [0.15, 0.2) is 12.1 Å². The molecule has 0 spiro atoms. The molecule has 20 heavy (non-hydrogen) atoms. The number of aliphatic hydroxyl groups is 1. The summed E-state index contributed by atoms with van der Waals surface area (Å²) in [7, 11) is 0. The van der Waals surface area contributed by atoms with Gasteiger partial charge in [0, 0.05) is 30.8 Å². The lowest BCUT2D eigenvalue weighted by molar-refractivity contribution is -0.146. The molecule has 4 N–H and O–H groups in total. The van der Waals surface area contributed by atoms with Crippen LogP contribution >= 0.6 is 0 Å². The molecule has 1 atom stereocenters. The molecular weight excluding hydrogens is 281 g/mol. The van der Waals surface area contributed by atoms with E-state index in [2.05, 4.69) is 5.32 Å². The third-order valence-electron chi connectivity index (χ3n) is 2.23. The smallest absolute Gasteiger partial charge is 0.332 e. The molecule has 1 aromatic rings. The van der Waals surface area contributed by atoms with Gasteiger partial charge >= 0.3 is 12.0 Å². The Morgan fingerprint density at radius 1 is 1.20 bits per heavy atom. The molecule has 1 unspecified atom stereocenters. The van der Waals surface area contributed by atoms with E-state index in [0.717, 1.165) is 0 Å². The normalized spacial score (nSPS) is 11.8. The summed E-state index contributed by atoms with van der Waals surface area (Å²) in [5.41, 5.74) is -0.308. The Morgan fingerprint density at radius 3 is 2.25 bits per heavy atom. The van der Waals surface area contributed by atoms with E-state index in [0.29, 0.717) is 12.1 Å². The van der Waals surface area contributed by atoms with Gasteiger partial charge in [0.15, 0.2) is 23.6 Å². The fourth-order valence-electron chi connectivity index (χ4n) is 1.25. The maximum absolute atomic E-state index is 12.9. The molecule has 9 heteroatoms. The van der Waals surface area contributed by atoms with Gasteiger partial charge < -0.3 is 20.8 Å². The van der Waals surface area contributed by atoms with Crippen LogP contribution in [0.1, 0.15) is 6.42 Å². The van der Waals surface area contributed by atoms with Gasteiger partial charge in [-0.05, 0) is 0 Å². The topological polar surface area (TPSA) is 98.7 Å². The van der Waals surface area contributed by atoms with Crippen molar-refractivity contribution in [1.29, 1.82) is 0 Å². The molecule has 0 aromatic heterocycles. The van der Waals surface area contributed by atoms with Gasteiger partial charge in [-0.1, -0.05) is 0 Å². The number of amides is 2. The molecular formula is C11H11F3N2O4. The van der Waals surface area contributed by atoms with Crippen LogP contribution in [-0.2, 0) is 4.79 Å². The van der Waals surface area contributed by atoms with Crippen LogP contribution in [0, 0.1) is 17.5 Å². The molecule has 0 fully saturated rings. The number of aliphatic hydroxyl groups excluding tert-OH is 1. The molecule has 110 valence electrons. The first-order valence-electron chi connectivity index (χ1n) is 5.41. The van der Waals surface area contributed by atoms with Crippen LogP contribution in [0.5, 0.6) is 0 Å². The maximum atomic E-state index is 12.9. The number of rotatable bonds is 5. The summed E-state index contributed by atoms with van der Waals surface area (Å²) in [6.45, 7) is -0.175. The quantitative estimate of drug-likeness (QED) is 0.610. The molecule has 0 saturated heterocycles. The van der Waals surface area contributed by atoms with E-state index in [1.165, 1.54) is 0 Å². The van der Waals surface area contributed by atoms with Crippen molar-refractivity contribution in [2.75, 3.05) is 11.9 Å². The summed E-state index contributed by atoms with van der Waals surface area (Å²) in [4.78, 5) is 21.6. The predicted molar refractivity (Wildman–Crippen MR) is 61.6 cm³/mol. The number of carbonyl (C=O) groups is 2.